The summed E-state index contributed by atoms with van der Waals surface area (Å²) in [4.78, 5) is 14.5. The molecule has 13 heavy (non-hydrogen) atoms. The van der Waals surface area contributed by atoms with E-state index < -0.39 is 5.97 Å². The van der Waals surface area contributed by atoms with E-state index in [9.17, 15) is 4.79 Å². The summed E-state index contributed by atoms with van der Waals surface area (Å²) in [7, 11) is 0. The number of nitrogens with one attached hydrogen (secondary N) is 1. The van der Waals surface area contributed by atoms with Crippen molar-refractivity contribution in [2.24, 2.45) is 4.99 Å². The Kier molecular flexibility index (Phi) is 1.97. The Balaban J connectivity index is 2.12. The number of fused-ring (bicyclic) bond motifs is 1. The minimum Gasteiger partial charge on any atom is -0.481 e. The van der Waals surface area contributed by atoms with Crippen LogP contribution in [0.1, 0.15) is 6.42 Å². The van der Waals surface area contributed by atoms with Gasteiger partial charge in [0.15, 0.2) is 5.17 Å². The van der Waals surface area contributed by atoms with Crippen LogP contribution in [-0.2, 0) is 4.79 Å². The molecule has 5 nitrogen and oxygen atoms in total. The molecule has 0 spiro atoms. The highest BCUT2D eigenvalue weighted by molar-refractivity contribution is 8.16. The zero-order valence-corrected chi connectivity index (χ0v) is 7.41. The first-order chi connectivity index (χ1) is 6.27. The highest BCUT2D eigenvalue weighted by Gasteiger charge is 2.24. The van der Waals surface area contributed by atoms with Gasteiger partial charge in [-0.05, 0) is 0 Å². The van der Waals surface area contributed by atoms with Gasteiger partial charge in [-0.3, -0.25) is 10.2 Å². The lowest BCUT2D eigenvalue weighted by Crippen LogP contribution is -2.36. The van der Waals surface area contributed by atoms with Crippen LogP contribution in [0.4, 0.5) is 0 Å². The third-order valence-corrected chi connectivity index (χ3v) is 2.46. The second-order valence-electron chi connectivity index (χ2n) is 2.49. The van der Waals surface area contributed by atoms with Gasteiger partial charge in [-0.1, -0.05) is 11.8 Å². The second kappa shape index (κ2) is 3.14. The molecule has 0 bridgehead atoms. The highest BCUT2D eigenvalue weighted by atomic mass is 32.2. The van der Waals surface area contributed by atoms with Crippen LogP contribution in [0.25, 0.3) is 0 Å². The summed E-state index contributed by atoms with van der Waals surface area (Å²) in [6, 6.07) is 0. The summed E-state index contributed by atoms with van der Waals surface area (Å²) in [6.45, 7) is 0. The number of rotatable bonds is 2. The van der Waals surface area contributed by atoms with Gasteiger partial charge in [0.05, 0.1) is 12.1 Å². The van der Waals surface area contributed by atoms with Gasteiger partial charge in [0.2, 0.25) is 0 Å². The topological polar surface area (TPSA) is 64.9 Å². The summed E-state index contributed by atoms with van der Waals surface area (Å²) < 4.78 is 0. The molecule has 0 radical (unpaired) electrons. The number of carbonyl (C=O) groups is 1. The van der Waals surface area contributed by atoms with Crippen LogP contribution in [0, 0.1) is 0 Å². The van der Waals surface area contributed by atoms with Crippen molar-refractivity contribution in [3.63, 3.8) is 0 Å². The normalized spacial score (nSPS) is 18.9. The molecule has 0 atom stereocenters. The van der Waals surface area contributed by atoms with Gasteiger partial charge in [-0.2, -0.15) is 0 Å². The van der Waals surface area contributed by atoms with Crippen LogP contribution in [-0.4, -0.2) is 21.3 Å². The Morgan fingerprint density at radius 2 is 2.62 bits per heavy atom. The number of carboxylic acids is 1. The van der Waals surface area contributed by atoms with Crippen molar-refractivity contribution >= 4 is 22.9 Å². The predicted molar refractivity (Wildman–Crippen MR) is 49.5 cm³/mol. The number of thioether (sulfide) groups is 1. The second-order valence-corrected chi connectivity index (χ2v) is 3.33. The number of hydrogen-bond acceptors (Lipinski definition) is 5. The van der Waals surface area contributed by atoms with E-state index >= 15 is 0 Å². The SMILES string of the molecule is O=C(O)CC1=CSC2=NC=CNN12. The van der Waals surface area contributed by atoms with E-state index in [1.54, 1.807) is 22.8 Å². The Bertz CT molecular complexity index is 335. The predicted octanol–water partition coefficient (Wildman–Crippen LogP) is 0.697. The fourth-order valence-electron chi connectivity index (χ4n) is 1.06. The number of aliphatic carboxylic acids is 1. The number of aliphatic imine (C=N–C) groups is 1. The lowest BCUT2D eigenvalue weighted by molar-refractivity contribution is -0.136. The zero-order valence-electron chi connectivity index (χ0n) is 6.60. The van der Waals surface area contributed by atoms with Crippen LogP contribution >= 0.6 is 11.8 Å². The Hall–Kier alpha value is -1.43. The van der Waals surface area contributed by atoms with Crippen molar-refractivity contribution < 1.29 is 9.90 Å². The molecule has 2 aliphatic rings. The van der Waals surface area contributed by atoms with Crippen molar-refractivity contribution in [2.75, 3.05) is 0 Å². The Labute approximate surface area is 78.8 Å². The molecular formula is C7H7N3O2S. The summed E-state index contributed by atoms with van der Waals surface area (Å²) in [5.41, 5.74) is 3.61. The van der Waals surface area contributed by atoms with Crippen molar-refractivity contribution in [2.45, 2.75) is 6.42 Å². The van der Waals surface area contributed by atoms with E-state index in [4.69, 9.17) is 5.11 Å². The van der Waals surface area contributed by atoms with Crippen molar-refractivity contribution in [3.8, 4) is 0 Å². The molecule has 0 aliphatic carbocycles. The van der Waals surface area contributed by atoms with Gasteiger partial charge in [0.25, 0.3) is 0 Å². The summed E-state index contributed by atoms with van der Waals surface area (Å²) in [5.74, 6) is -0.843. The lowest BCUT2D eigenvalue weighted by atomic mass is 10.3. The summed E-state index contributed by atoms with van der Waals surface area (Å²) in [5, 5.41) is 12.8. The minimum atomic E-state index is -0.843. The monoisotopic (exact) mass is 197 g/mol. The van der Waals surface area contributed by atoms with E-state index in [-0.39, 0.29) is 6.42 Å². The largest absolute Gasteiger partial charge is 0.481 e. The average Bonchev–Trinajstić information content (AvgIpc) is 2.48. The third-order valence-electron chi connectivity index (χ3n) is 1.57. The standard InChI is InChI=1S/C7H7N3O2S/c11-6(12)3-5-4-13-7-8-1-2-9-10(5)7/h1-2,4,9H,3H2,(H,11,12). The van der Waals surface area contributed by atoms with Gasteiger partial charge in [-0.15, -0.1) is 0 Å². The van der Waals surface area contributed by atoms with E-state index in [1.807, 2.05) is 0 Å². The van der Waals surface area contributed by atoms with E-state index in [0.29, 0.717) is 5.70 Å². The number of hydrazine groups is 1. The van der Waals surface area contributed by atoms with Crippen molar-refractivity contribution in [1.29, 1.82) is 0 Å². The number of hydrogen-bond donors (Lipinski definition) is 2. The molecule has 0 aromatic rings. The maximum absolute atomic E-state index is 10.5. The molecule has 2 heterocycles. The molecule has 2 aliphatic heterocycles. The average molecular weight is 197 g/mol. The first-order valence-corrected chi connectivity index (χ1v) is 4.52. The molecular weight excluding hydrogens is 190 g/mol. The number of carboxylic acid groups (broad SMARTS) is 1. The number of amidine groups is 1. The fraction of sp³-hybridized carbons (Fsp3) is 0.143. The molecule has 68 valence electrons. The van der Waals surface area contributed by atoms with Crippen LogP contribution in [0.2, 0.25) is 0 Å². The quantitative estimate of drug-likeness (QED) is 0.682. The minimum absolute atomic E-state index is 0.00681. The molecule has 2 N–H and O–H groups in total. The molecule has 0 amide bonds. The molecule has 2 rings (SSSR count). The molecule has 0 saturated heterocycles. The molecule has 6 heteroatoms. The fourth-order valence-corrected chi connectivity index (χ4v) is 1.89. The summed E-state index contributed by atoms with van der Waals surface area (Å²) >= 11 is 1.41. The molecule has 0 aromatic heterocycles. The maximum atomic E-state index is 10.5. The van der Waals surface area contributed by atoms with Crippen LogP contribution in [0.3, 0.4) is 0 Å². The van der Waals surface area contributed by atoms with Crippen molar-refractivity contribution in [1.82, 2.24) is 10.4 Å². The van der Waals surface area contributed by atoms with Crippen LogP contribution in [0.5, 0.6) is 0 Å². The van der Waals surface area contributed by atoms with Gasteiger partial charge < -0.3 is 5.11 Å². The van der Waals surface area contributed by atoms with E-state index in [1.165, 1.54) is 11.8 Å². The smallest absolute Gasteiger partial charge is 0.309 e. The van der Waals surface area contributed by atoms with Crippen molar-refractivity contribution in [3.05, 3.63) is 23.5 Å². The Morgan fingerprint density at radius 3 is 3.38 bits per heavy atom. The zero-order chi connectivity index (χ0) is 9.26. The van der Waals surface area contributed by atoms with Gasteiger partial charge in [-0.25, -0.2) is 10.0 Å². The Morgan fingerprint density at radius 1 is 1.77 bits per heavy atom. The van der Waals surface area contributed by atoms with Crippen LogP contribution in [0.15, 0.2) is 28.5 Å². The highest BCUT2D eigenvalue weighted by Crippen LogP contribution is 2.27. The van der Waals surface area contributed by atoms with Gasteiger partial charge >= 0.3 is 5.97 Å². The third kappa shape index (κ3) is 1.52. The summed E-state index contributed by atoms with van der Waals surface area (Å²) in [6.07, 6.45) is 3.30. The van der Waals surface area contributed by atoms with Gasteiger partial charge in [0.1, 0.15) is 0 Å². The molecule has 0 saturated carbocycles. The molecule has 0 fully saturated rings. The lowest BCUT2D eigenvalue weighted by Gasteiger charge is -2.22. The first kappa shape index (κ1) is 8.18. The molecule has 0 unspecified atom stereocenters. The van der Waals surface area contributed by atoms with Gasteiger partial charge in [0, 0.05) is 17.8 Å². The van der Waals surface area contributed by atoms with E-state index in [0.717, 1.165) is 5.17 Å². The molecule has 0 aromatic carbocycles. The van der Waals surface area contributed by atoms with Crippen LogP contribution < -0.4 is 5.43 Å². The van der Waals surface area contributed by atoms with E-state index in [2.05, 4.69) is 10.4 Å². The first-order valence-electron chi connectivity index (χ1n) is 3.64. The number of nitrogens with zero attached hydrogens (tertiary/aromatic N) is 2. The maximum Gasteiger partial charge on any atom is 0.309 e.